The Morgan fingerprint density at radius 2 is 2.12 bits per heavy atom. The first-order valence-corrected chi connectivity index (χ1v) is 6.91. The molecule has 2 rings (SSSR count). The van der Waals surface area contributed by atoms with E-state index >= 15 is 0 Å². The van der Waals surface area contributed by atoms with Gasteiger partial charge in [-0.2, -0.15) is 0 Å². The van der Waals surface area contributed by atoms with Gasteiger partial charge >= 0.3 is 0 Å². The molecule has 0 saturated heterocycles. The van der Waals surface area contributed by atoms with Gasteiger partial charge in [0.05, 0.1) is 12.4 Å². The van der Waals surface area contributed by atoms with Gasteiger partial charge in [0.1, 0.15) is 5.75 Å². The Labute approximate surface area is 95.5 Å². The van der Waals surface area contributed by atoms with Crippen LogP contribution in [0.1, 0.15) is 18.4 Å². The van der Waals surface area contributed by atoms with Crippen LogP contribution in [-0.4, -0.2) is 20.8 Å². The molecule has 1 aliphatic rings. The molecule has 0 aromatic heterocycles. The molecule has 1 aliphatic heterocycles. The van der Waals surface area contributed by atoms with Crippen molar-refractivity contribution in [1.29, 1.82) is 0 Å². The minimum Gasteiger partial charge on any atom is -0.493 e. The van der Waals surface area contributed by atoms with Crippen molar-refractivity contribution >= 4 is 10.0 Å². The summed E-state index contributed by atoms with van der Waals surface area (Å²) in [6.45, 7) is 2.52. The molecular formula is C11H15NO3S. The van der Waals surface area contributed by atoms with Crippen LogP contribution in [0.2, 0.25) is 0 Å². The maximum atomic E-state index is 11.2. The molecule has 0 fully saturated rings. The van der Waals surface area contributed by atoms with Gasteiger partial charge in [0, 0.05) is 5.92 Å². The first kappa shape index (κ1) is 11.4. The predicted molar refractivity (Wildman–Crippen MR) is 61.8 cm³/mol. The third-order valence-corrected chi connectivity index (χ3v) is 3.74. The Hall–Kier alpha value is -1.07. The number of para-hydroxylation sites is 1. The van der Waals surface area contributed by atoms with Gasteiger partial charge in [-0.3, -0.25) is 0 Å². The van der Waals surface area contributed by atoms with Crippen LogP contribution in [0.5, 0.6) is 5.75 Å². The largest absolute Gasteiger partial charge is 0.493 e. The number of primary sulfonamides is 1. The number of hydrogen-bond donors (Lipinski definition) is 1. The van der Waals surface area contributed by atoms with Gasteiger partial charge in [-0.1, -0.05) is 25.1 Å². The molecule has 0 amide bonds. The smallest absolute Gasteiger partial charge is 0.209 e. The van der Waals surface area contributed by atoms with Gasteiger partial charge in [-0.05, 0) is 17.5 Å². The highest BCUT2D eigenvalue weighted by Crippen LogP contribution is 2.37. The lowest BCUT2D eigenvalue weighted by atomic mass is 9.87. The molecule has 0 bridgehead atoms. The van der Waals surface area contributed by atoms with Crippen molar-refractivity contribution in [2.24, 2.45) is 11.1 Å². The van der Waals surface area contributed by atoms with Crippen molar-refractivity contribution in [3.63, 3.8) is 0 Å². The Balaban J connectivity index is 2.37. The fourth-order valence-electron chi connectivity index (χ4n) is 2.07. The number of rotatable bonds is 2. The number of ether oxygens (including phenoxy) is 1. The Morgan fingerprint density at radius 3 is 2.81 bits per heavy atom. The van der Waals surface area contributed by atoms with Crippen molar-refractivity contribution in [3.8, 4) is 5.75 Å². The lowest BCUT2D eigenvalue weighted by molar-refractivity contribution is 0.212. The highest BCUT2D eigenvalue weighted by atomic mass is 32.2. The third kappa shape index (κ3) is 2.36. The van der Waals surface area contributed by atoms with E-state index in [2.05, 4.69) is 0 Å². The SMILES string of the molecule is C[C@@H]1COc2ccccc2[C@@H]1CS(N)(=O)=O. The van der Waals surface area contributed by atoms with Crippen LogP contribution in [0, 0.1) is 5.92 Å². The van der Waals surface area contributed by atoms with E-state index in [0.29, 0.717) is 6.61 Å². The number of hydrogen-bond acceptors (Lipinski definition) is 3. The summed E-state index contributed by atoms with van der Waals surface area (Å²) in [6.07, 6.45) is 0. The highest BCUT2D eigenvalue weighted by molar-refractivity contribution is 7.89. The van der Waals surface area contributed by atoms with Crippen molar-refractivity contribution in [2.75, 3.05) is 12.4 Å². The topological polar surface area (TPSA) is 69.4 Å². The molecule has 0 saturated carbocycles. The average Bonchev–Trinajstić information content (AvgIpc) is 2.21. The second-order valence-electron chi connectivity index (χ2n) is 4.26. The minimum atomic E-state index is -3.45. The summed E-state index contributed by atoms with van der Waals surface area (Å²) in [5, 5.41) is 5.12. The quantitative estimate of drug-likeness (QED) is 0.842. The van der Waals surface area contributed by atoms with E-state index < -0.39 is 10.0 Å². The molecule has 16 heavy (non-hydrogen) atoms. The molecule has 0 radical (unpaired) electrons. The van der Waals surface area contributed by atoms with Crippen molar-refractivity contribution in [2.45, 2.75) is 12.8 Å². The number of fused-ring (bicyclic) bond motifs is 1. The monoisotopic (exact) mass is 241 g/mol. The lowest BCUT2D eigenvalue weighted by Gasteiger charge is -2.30. The number of benzene rings is 1. The van der Waals surface area contributed by atoms with Crippen LogP contribution in [0.4, 0.5) is 0 Å². The van der Waals surface area contributed by atoms with Crippen LogP contribution in [0.3, 0.4) is 0 Å². The van der Waals surface area contributed by atoms with Gasteiger partial charge in [-0.15, -0.1) is 0 Å². The first-order chi connectivity index (χ1) is 7.47. The van der Waals surface area contributed by atoms with Gasteiger partial charge in [0.2, 0.25) is 10.0 Å². The van der Waals surface area contributed by atoms with Crippen LogP contribution < -0.4 is 9.88 Å². The summed E-state index contributed by atoms with van der Waals surface area (Å²) in [4.78, 5) is 0. The van der Waals surface area contributed by atoms with Crippen LogP contribution in [0.25, 0.3) is 0 Å². The molecular weight excluding hydrogens is 226 g/mol. The minimum absolute atomic E-state index is 0.0193. The summed E-state index contributed by atoms with van der Waals surface area (Å²) < 4.78 is 27.9. The molecule has 1 aromatic rings. The summed E-state index contributed by atoms with van der Waals surface area (Å²) in [7, 11) is -3.45. The zero-order valence-corrected chi connectivity index (χ0v) is 9.91. The Morgan fingerprint density at radius 1 is 1.44 bits per heavy atom. The summed E-state index contributed by atoms with van der Waals surface area (Å²) in [5.41, 5.74) is 0.940. The highest BCUT2D eigenvalue weighted by Gasteiger charge is 2.30. The van der Waals surface area contributed by atoms with Crippen LogP contribution in [0.15, 0.2) is 24.3 Å². The second-order valence-corrected chi connectivity index (χ2v) is 5.92. The van der Waals surface area contributed by atoms with Gasteiger partial charge in [0.25, 0.3) is 0 Å². The molecule has 1 heterocycles. The van der Waals surface area contributed by atoms with Crippen molar-refractivity contribution < 1.29 is 13.2 Å². The van der Waals surface area contributed by atoms with E-state index in [1.165, 1.54) is 0 Å². The lowest BCUT2D eigenvalue weighted by Crippen LogP contribution is -2.31. The van der Waals surface area contributed by atoms with Crippen LogP contribution >= 0.6 is 0 Å². The predicted octanol–water partition coefficient (Wildman–Crippen LogP) is 1.09. The zero-order chi connectivity index (χ0) is 11.8. The number of nitrogens with two attached hydrogens (primary N) is 1. The summed E-state index contributed by atoms with van der Waals surface area (Å²) in [6, 6.07) is 7.53. The third-order valence-electron chi connectivity index (χ3n) is 2.92. The zero-order valence-electron chi connectivity index (χ0n) is 9.09. The molecule has 0 aliphatic carbocycles. The Kier molecular flexibility index (Phi) is 2.90. The average molecular weight is 241 g/mol. The van der Waals surface area contributed by atoms with E-state index in [4.69, 9.17) is 9.88 Å². The molecule has 88 valence electrons. The van der Waals surface area contributed by atoms with Crippen molar-refractivity contribution in [3.05, 3.63) is 29.8 Å². The molecule has 0 unspecified atom stereocenters. The maximum Gasteiger partial charge on any atom is 0.209 e. The van der Waals surface area contributed by atoms with E-state index in [1.54, 1.807) is 0 Å². The van der Waals surface area contributed by atoms with Gasteiger partial charge in [0.15, 0.2) is 0 Å². The van der Waals surface area contributed by atoms with Gasteiger partial charge in [-0.25, -0.2) is 13.6 Å². The normalized spacial score (nSPS) is 24.6. The van der Waals surface area contributed by atoms with E-state index in [0.717, 1.165) is 11.3 Å². The standard InChI is InChI=1S/C11H15NO3S/c1-8-6-15-11-5-3-2-4-9(11)10(8)7-16(12,13)14/h2-5,8,10H,6-7H2,1H3,(H2,12,13,14)/t8-,10-/m1/s1. The van der Waals surface area contributed by atoms with Crippen molar-refractivity contribution in [1.82, 2.24) is 0 Å². The van der Waals surface area contributed by atoms with E-state index in [-0.39, 0.29) is 17.6 Å². The van der Waals surface area contributed by atoms with Gasteiger partial charge < -0.3 is 4.74 Å². The van der Waals surface area contributed by atoms with Crippen LogP contribution in [-0.2, 0) is 10.0 Å². The molecule has 2 N–H and O–H groups in total. The fourth-order valence-corrected chi connectivity index (χ4v) is 3.08. The maximum absolute atomic E-state index is 11.2. The summed E-state index contributed by atoms with van der Waals surface area (Å²) >= 11 is 0. The van der Waals surface area contributed by atoms with E-state index in [1.807, 2.05) is 31.2 Å². The Bertz CT molecular complexity index is 484. The molecule has 5 heteroatoms. The molecule has 0 spiro atoms. The molecule has 1 aromatic carbocycles. The second kappa shape index (κ2) is 4.07. The first-order valence-electron chi connectivity index (χ1n) is 5.19. The number of sulfonamides is 1. The fraction of sp³-hybridized carbons (Fsp3) is 0.455. The van der Waals surface area contributed by atoms with E-state index in [9.17, 15) is 8.42 Å². The molecule has 2 atom stereocenters. The summed E-state index contributed by atoms with van der Waals surface area (Å²) in [5.74, 6) is 0.844. The molecule has 4 nitrogen and oxygen atoms in total.